The van der Waals surface area contributed by atoms with Gasteiger partial charge >= 0.3 is 0 Å². The zero-order chi connectivity index (χ0) is 14.5. The second-order valence-electron chi connectivity index (χ2n) is 4.95. The lowest BCUT2D eigenvalue weighted by Gasteiger charge is -2.18. The van der Waals surface area contributed by atoms with Crippen LogP contribution in [0.2, 0.25) is 0 Å². The number of hydrogen-bond acceptors (Lipinski definition) is 4. The highest BCUT2D eigenvalue weighted by Gasteiger charge is 2.15. The van der Waals surface area contributed by atoms with Gasteiger partial charge in [0.1, 0.15) is 12.2 Å². The Morgan fingerprint density at radius 3 is 2.70 bits per heavy atom. The van der Waals surface area contributed by atoms with E-state index >= 15 is 0 Å². The van der Waals surface area contributed by atoms with Gasteiger partial charge in [0.05, 0.1) is 6.54 Å². The van der Waals surface area contributed by atoms with Crippen LogP contribution in [0.15, 0.2) is 30.6 Å². The van der Waals surface area contributed by atoms with Gasteiger partial charge in [0.2, 0.25) is 5.91 Å². The first-order valence-electron chi connectivity index (χ1n) is 6.50. The van der Waals surface area contributed by atoms with Crippen LogP contribution in [0.25, 0.3) is 0 Å². The van der Waals surface area contributed by atoms with E-state index in [1.54, 1.807) is 11.9 Å². The lowest BCUT2D eigenvalue weighted by atomic mass is 9.97. The third-order valence-corrected chi connectivity index (χ3v) is 3.26. The summed E-state index contributed by atoms with van der Waals surface area (Å²) in [5.74, 6) is 0.909. The molecule has 1 aromatic heterocycles. The molecule has 6 heteroatoms. The van der Waals surface area contributed by atoms with Crippen molar-refractivity contribution in [3.05, 3.63) is 42.0 Å². The molecule has 0 spiro atoms. The predicted octanol–water partition coefficient (Wildman–Crippen LogP) is 1.54. The van der Waals surface area contributed by atoms with Gasteiger partial charge in [0, 0.05) is 19.2 Å². The Kier molecular flexibility index (Phi) is 4.34. The topological polar surface area (TPSA) is 87.9 Å². The third kappa shape index (κ3) is 3.57. The van der Waals surface area contributed by atoms with Crippen molar-refractivity contribution in [3.63, 3.8) is 0 Å². The second kappa shape index (κ2) is 6.18. The number of aromatic amines is 1. The number of hydrogen-bond donors (Lipinski definition) is 2. The van der Waals surface area contributed by atoms with E-state index in [0.717, 1.165) is 11.3 Å². The van der Waals surface area contributed by atoms with Gasteiger partial charge in [0.25, 0.3) is 0 Å². The molecule has 0 bridgehead atoms. The molecule has 0 aliphatic heterocycles. The maximum Gasteiger partial charge on any atom is 0.223 e. The largest absolute Gasteiger partial charge is 0.399 e. The molecule has 0 fully saturated rings. The van der Waals surface area contributed by atoms with Crippen LogP contribution >= 0.6 is 0 Å². The average molecular weight is 273 g/mol. The summed E-state index contributed by atoms with van der Waals surface area (Å²) < 4.78 is 0. The van der Waals surface area contributed by atoms with Gasteiger partial charge in [0.15, 0.2) is 0 Å². The second-order valence-corrected chi connectivity index (χ2v) is 4.95. The molecule has 6 nitrogen and oxygen atoms in total. The van der Waals surface area contributed by atoms with Crippen molar-refractivity contribution in [2.45, 2.75) is 25.8 Å². The number of carbonyl (C=O) groups is 1. The Balaban J connectivity index is 1.91. The van der Waals surface area contributed by atoms with Crippen LogP contribution < -0.4 is 5.73 Å². The predicted molar refractivity (Wildman–Crippen MR) is 76.7 cm³/mol. The molecule has 0 aliphatic rings. The summed E-state index contributed by atoms with van der Waals surface area (Å²) in [5.41, 5.74) is 7.50. The number of anilines is 1. The van der Waals surface area contributed by atoms with Gasteiger partial charge in [-0.3, -0.25) is 9.89 Å². The fraction of sp³-hybridized carbons (Fsp3) is 0.357. The first-order chi connectivity index (χ1) is 9.56. The van der Waals surface area contributed by atoms with Crippen LogP contribution in [0, 0.1) is 0 Å². The Morgan fingerprint density at radius 2 is 2.10 bits per heavy atom. The summed E-state index contributed by atoms with van der Waals surface area (Å²) in [7, 11) is 1.76. The molecule has 1 atom stereocenters. The lowest BCUT2D eigenvalue weighted by Crippen LogP contribution is -2.27. The molecule has 3 N–H and O–H groups in total. The molecule has 0 saturated carbocycles. The maximum absolute atomic E-state index is 12.2. The quantitative estimate of drug-likeness (QED) is 0.809. The number of nitrogens with zero attached hydrogens (tertiary/aromatic N) is 3. The van der Waals surface area contributed by atoms with E-state index in [2.05, 4.69) is 15.2 Å². The molecular weight excluding hydrogens is 254 g/mol. The number of benzene rings is 1. The monoisotopic (exact) mass is 273 g/mol. The Morgan fingerprint density at radius 1 is 1.40 bits per heavy atom. The number of rotatable bonds is 5. The van der Waals surface area contributed by atoms with E-state index in [1.807, 2.05) is 31.2 Å². The van der Waals surface area contributed by atoms with Crippen molar-refractivity contribution in [3.8, 4) is 0 Å². The minimum absolute atomic E-state index is 0.0747. The number of nitrogen functional groups attached to an aromatic ring is 1. The number of nitrogens with two attached hydrogens (primary N) is 1. The molecule has 1 unspecified atom stereocenters. The Bertz CT molecular complexity index is 549. The van der Waals surface area contributed by atoms with Crippen LogP contribution in [-0.2, 0) is 11.3 Å². The third-order valence-electron chi connectivity index (χ3n) is 3.26. The van der Waals surface area contributed by atoms with Crippen molar-refractivity contribution >= 4 is 11.6 Å². The summed E-state index contributed by atoms with van der Waals surface area (Å²) in [6, 6.07) is 7.64. The minimum atomic E-state index is 0.0747. The van der Waals surface area contributed by atoms with Crippen LogP contribution in [0.5, 0.6) is 0 Å². The van der Waals surface area contributed by atoms with E-state index in [0.29, 0.717) is 18.8 Å². The molecule has 1 amide bonds. The number of H-pyrrole nitrogens is 1. The number of aromatic nitrogens is 3. The fourth-order valence-electron chi connectivity index (χ4n) is 1.98. The minimum Gasteiger partial charge on any atom is -0.399 e. The van der Waals surface area contributed by atoms with Gasteiger partial charge in [-0.1, -0.05) is 19.1 Å². The van der Waals surface area contributed by atoms with Crippen molar-refractivity contribution in [1.29, 1.82) is 0 Å². The van der Waals surface area contributed by atoms with Crippen molar-refractivity contribution < 1.29 is 4.79 Å². The van der Waals surface area contributed by atoms with Crippen molar-refractivity contribution in [1.82, 2.24) is 20.1 Å². The van der Waals surface area contributed by atoms with E-state index in [-0.39, 0.29) is 11.8 Å². The van der Waals surface area contributed by atoms with Gasteiger partial charge in [-0.25, -0.2) is 4.98 Å². The summed E-state index contributed by atoms with van der Waals surface area (Å²) in [4.78, 5) is 17.8. The molecule has 2 aromatic rings. The summed E-state index contributed by atoms with van der Waals surface area (Å²) in [6.07, 6.45) is 1.89. The van der Waals surface area contributed by atoms with E-state index in [1.165, 1.54) is 6.33 Å². The number of nitrogens with one attached hydrogen (secondary N) is 1. The highest BCUT2D eigenvalue weighted by atomic mass is 16.2. The zero-order valence-electron chi connectivity index (χ0n) is 11.7. The molecule has 1 heterocycles. The fourth-order valence-corrected chi connectivity index (χ4v) is 1.98. The first-order valence-corrected chi connectivity index (χ1v) is 6.50. The molecule has 0 aliphatic carbocycles. The van der Waals surface area contributed by atoms with Crippen molar-refractivity contribution in [2.75, 3.05) is 12.8 Å². The number of carbonyl (C=O) groups excluding carboxylic acids is 1. The van der Waals surface area contributed by atoms with Gasteiger partial charge in [-0.15, -0.1) is 0 Å². The van der Waals surface area contributed by atoms with Crippen LogP contribution in [-0.4, -0.2) is 33.0 Å². The SMILES string of the molecule is CC(CC(=O)N(C)Cc1ncn[nH]1)c1ccc(N)cc1. The van der Waals surface area contributed by atoms with Crippen LogP contribution in [0.1, 0.15) is 30.7 Å². The van der Waals surface area contributed by atoms with Crippen LogP contribution in [0.3, 0.4) is 0 Å². The maximum atomic E-state index is 12.2. The molecule has 20 heavy (non-hydrogen) atoms. The van der Waals surface area contributed by atoms with E-state index in [4.69, 9.17) is 5.73 Å². The molecule has 1 aromatic carbocycles. The molecule has 0 saturated heterocycles. The summed E-state index contributed by atoms with van der Waals surface area (Å²) in [5, 5.41) is 6.51. The highest BCUT2D eigenvalue weighted by molar-refractivity contribution is 5.76. The molecule has 2 rings (SSSR count). The highest BCUT2D eigenvalue weighted by Crippen LogP contribution is 2.21. The Hall–Kier alpha value is -2.37. The standard InChI is InChI=1S/C14H19N5O/c1-10(11-3-5-12(15)6-4-11)7-14(20)19(2)8-13-16-9-17-18-13/h3-6,9-10H,7-8,15H2,1-2H3,(H,16,17,18). The van der Waals surface area contributed by atoms with E-state index in [9.17, 15) is 4.79 Å². The van der Waals surface area contributed by atoms with E-state index < -0.39 is 0 Å². The normalized spacial score (nSPS) is 12.1. The van der Waals surface area contributed by atoms with Gasteiger partial charge in [-0.2, -0.15) is 5.10 Å². The summed E-state index contributed by atoms with van der Waals surface area (Å²) in [6.45, 7) is 2.47. The smallest absolute Gasteiger partial charge is 0.223 e. The van der Waals surface area contributed by atoms with Crippen LogP contribution in [0.4, 0.5) is 5.69 Å². The first kappa shape index (κ1) is 14.0. The number of amides is 1. The molecule has 106 valence electrons. The molecular formula is C14H19N5O. The molecule has 0 radical (unpaired) electrons. The average Bonchev–Trinajstić information content (AvgIpc) is 2.92. The van der Waals surface area contributed by atoms with Crippen molar-refractivity contribution in [2.24, 2.45) is 0 Å². The van der Waals surface area contributed by atoms with Gasteiger partial charge in [-0.05, 0) is 23.6 Å². The Labute approximate surface area is 118 Å². The zero-order valence-corrected chi connectivity index (χ0v) is 11.7. The summed E-state index contributed by atoms with van der Waals surface area (Å²) >= 11 is 0. The lowest BCUT2D eigenvalue weighted by molar-refractivity contribution is -0.130. The van der Waals surface area contributed by atoms with Gasteiger partial charge < -0.3 is 10.6 Å².